The third-order valence-electron chi connectivity index (χ3n) is 3.25. The van der Waals surface area contributed by atoms with Gasteiger partial charge in [0.15, 0.2) is 6.20 Å². The first kappa shape index (κ1) is 11.7. The number of pyridine rings is 1. The molecule has 1 aromatic carbocycles. The van der Waals surface area contributed by atoms with Crippen molar-refractivity contribution in [2.45, 2.75) is 6.92 Å². The van der Waals surface area contributed by atoms with Gasteiger partial charge in [0.05, 0.1) is 6.61 Å². The maximum atomic E-state index is 11.9. The SMILES string of the molecule is CCOC(=O)c1cc2c(c[n+]1C)[nH]c1ccccc12. The lowest BCUT2D eigenvalue weighted by Gasteiger charge is -2.00. The van der Waals surface area contributed by atoms with Crippen LogP contribution in [-0.4, -0.2) is 17.6 Å². The number of carbonyl (C=O) groups excluding carboxylic acids is 1. The number of hydrogen-bond acceptors (Lipinski definition) is 2. The van der Waals surface area contributed by atoms with Crippen molar-refractivity contribution >= 4 is 27.8 Å². The summed E-state index contributed by atoms with van der Waals surface area (Å²) in [6.45, 7) is 2.19. The third-order valence-corrected chi connectivity index (χ3v) is 3.25. The van der Waals surface area contributed by atoms with Crippen LogP contribution in [0.5, 0.6) is 0 Å². The smallest absolute Gasteiger partial charge is 0.403 e. The number of H-pyrrole nitrogens is 1. The molecule has 0 aliphatic heterocycles. The standard InChI is InChI=1S/C15H14N2O2/c1-3-19-15(18)14-8-11-10-6-4-5-7-12(10)16-13(11)9-17(14)2/h4-9H,3H2,1-2H3/p+1. The number of ether oxygens (including phenoxy) is 1. The van der Waals surface area contributed by atoms with Crippen molar-refractivity contribution in [1.82, 2.24) is 4.98 Å². The molecule has 4 nitrogen and oxygen atoms in total. The average Bonchev–Trinajstić information content (AvgIpc) is 2.75. The van der Waals surface area contributed by atoms with Gasteiger partial charge in [-0.1, -0.05) is 18.2 Å². The molecule has 0 bridgehead atoms. The Bertz CT molecular complexity index is 774. The van der Waals surface area contributed by atoms with Crippen LogP contribution in [0.15, 0.2) is 36.5 Å². The van der Waals surface area contributed by atoms with Gasteiger partial charge in [0.2, 0.25) is 0 Å². The Morgan fingerprint density at radius 2 is 2.05 bits per heavy atom. The molecule has 3 rings (SSSR count). The summed E-state index contributed by atoms with van der Waals surface area (Å²) < 4.78 is 6.86. The highest BCUT2D eigenvalue weighted by Crippen LogP contribution is 2.24. The first-order valence-corrected chi connectivity index (χ1v) is 6.28. The summed E-state index contributed by atoms with van der Waals surface area (Å²) in [5, 5.41) is 2.15. The summed E-state index contributed by atoms with van der Waals surface area (Å²) in [6.07, 6.45) is 1.92. The van der Waals surface area contributed by atoms with E-state index >= 15 is 0 Å². The third kappa shape index (κ3) is 1.85. The lowest BCUT2D eigenvalue weighted by molar-refractivity contribution is -0.672. The Balaban J connectivity index is 2.28. The number of fused-ring (bicyclic) bond motifs is 3. The van der Waals surface area contributed by atoms with E-state index < -0.39 is 0 Å². The van der Waals surface area contributed by atoms with Crippen LogP contribution < -0.4 is 4.57 Å². The van der Waals surface area contributed by atoms with Crippen molar-refractivity contribution < 1.29 is 14.1 Å². The van der Waals surface area contributed by atoms with E-state index in [0.717, 1.165) is 21.8 Å². The molecule has 0 radical (unpaired) electrons. The molecule has 0 aliphatic rings. The van der Waals surface area contributed by atoms with Crippen LogP contribution in [0, 0.1) is 0 Å². The van der Waals surface area contributed by atoms with Gasteiger partial charge in [-0.05, 0) is 13.0 Å². The Labute approximate surface area is 110 Å². The molecule has 0 fully saturated rings. The fourth-order valence-corrected chi connectivity index (χ4v) is 2.35. The minimum absolute atomic E-state index is 0.294. The molecule has 0 aliphatic carbocycles. The number of hydrogen-bond donors (Lipinski definition) is 1. The van der Waals surface area contributed by atoms with Crippen LogP contribution in [0.25, 0.3) is 21.8 Å². The normalized spacial score (nSPS) is 11.1. The summed E-state index contributed by atoms with van der Waals surface area (Å²) in [7, 11) is 1.84. The van der Waals surface area contributed by atoms with Crippen molar-refractivity contribution in [3.05, 3.63) is 42.2 Å². The van der Waals surface area contributed by atoms with Gasteiger partial charge in [-0.15, -0.1) is 0 Å². The van der Waals surface area contributed by atoms with Gasteiger partial charge in [0.25, 0.3) is 5.69 Å². The minimum Gasteiger partial charge on any atom is -0.458 e. The highest BCUT2D eigenvalue weighted by molar-refractivity contribution is 6.08. The summed E-state index contributed by atoms with van der Waals surface area (Å²) >= 11 is 0. The first-order valence-electron chi connectivity index (χ1n) is 6.28. The Hall–Kier alpha value is -2.36. The maximum Gasteiger partial charge on any atom is 0.403 e. The van der Waals surface area contributed by atoms with Crippen molar-refractivity contribution in [2.24, 2.45) is 7.05 Å². The predicted molar refractivity (Wildman–Crippen MR) is 72.9 cm³/mol. The number of esters is 1. The van der Waals surface area contributed by atoms with Crippen LogP contribution in [0.3, 0.4) is 0 Å². The van der Waals surface area contributed by atoms with Gasteiger partial charge >= 0.3 is 5.97 Å². The summed E-state index contributed by atoms with van der Waals surface area (Å²) in [4.78, 5) is 15.3. The number of carbonyl (C=O) groups is 1. The van der Waals surface area contributed by atoms with E-state index in [2.05, 4.69) is 4.98 Å². The lowest BCUT2D eigenvalue weighted by atomic mass is 10.1. The van der Waals surface area contributed by atoms with E-state index in [1.807, 2.05) is 50.5 Å². The van der Waals surface area contributed by atoms with E-state index in [1.54, 1.807) is 4.57 Å². The highest BCUT2D eigenvalue weighted by Gasteiger charge is 2.20. The van der Waals surface area contributed by atoms with Crippen molar-refractivity contribution in [3.8, 4) is 0 Å². The molecule has 0 atom stereocenters. The topological polar surface area (TPSA) is 46.0 Å². The van der Waals surface area contributed by atoms with Gasteiger partial charge in [0, 0.05) is 22.4 Å². The number of aryl methyl sites for hydroxylation is 1. The molecule has 0 saturated carbocycles. The fourth-order valence-electron chi connectivity index (χ4n) is 2.35. The van der Waals surface area contributed by atoms with Crippen molar-refractivity contribution in [3.63, 3.8) is 0 Å². The van der Waals surface area contributed by atoms with Gasteiger partial charge in [-0.25, -0.2) is 4.79 Å². The molecule has 4 heteroatoms. The van der Waals surface area contributed by atoms with E-state index in [9.17, 15) is 4.79 Å². The van der Waals surface area contributed by atoms with Crippen LogP contribution in [0.4, 0.5) is 0 Å². The predicted octanol–water partition coefficient (Wildman–Crippen LogP) is 2.32. The maximum absolute atomic E-state index is 11.9. The number of para-hydroxylation sites is 1. The number of aromatic amines is 1. The molecule has 0 saturated heterocycles. The number of rotatable bonds is 2. The molecule has 19 heavy (non-hydrogen) atoms. The monoisotopic (exact) mass is 255 g/mol. The Morgan fingerprint density at radius 3 is 2.84 bits per heavy atom. The summed E-state index contributed by atoms with van der Waals surface area (Å²) in [6, 6.07) is 9.94. The molecular formula is C15H15N2O2+. The molecule has 2 aromatic heterocycles. The van der Waals surface area contributed by atoms with Gasteiger partial charge in [-0.3, -0.25) is 0 Å². The molecule has 0 unspecified atom stereocenters. The summed E-state index contributed by atoms with van der Waals surface area (Å²) in [5.41, 5.74) is 2.63. The van der Waals surface area contributed by atoms with E-state index in [0.29, 0.717) is 12.3 Å². The van der Waals surface area contributed by atoms with Crippen LogP contribution >= 0.6 is 0 Å². The second kappa shape index (κ2) is 4.39. The first-order chi connectivity index (χ1) is 9.20. The second-order valence-electron chi connectivity index (χ2n) is 4.49. The number of aromatic nitrogens is 2. The van der Waals surface area contributed by atoms with Gasteiger partial charge in [0.1, 0.15) is 12.6 Å². The molecular weight excluding hydrogens is 240 g/mol. The molecule has 3 aromatic rings. The highest BCUT2D eigenvalue weighted by atomic mass is 16.5. The minimum atomic E-state index is -0.294. The number of benzene rings is 1. The fraction of sp³-hybridized carbons (Fsp3) is 0.200. The van der Waals surface area contributed by atoms with Crippen molar-refractivity contribution in [1.29, 1.82) is 0 Å². The largest absolute Gasteiger partial charge is 0.458 e. The van der Waals surface area contributed by atoms with Gasteiger partial charge in [-0.2, -0.15) is 4.57 Å². The van der Waals surface area contributed by atoms with E-state index in [-0.39, 0.29) is 5.97 Å². The second-order valence-corrected chi connectivity index (χ2v) is 4.49. The molecule has 1 N–H and O–H groups in total. The zero-order chi connectivity index (χ0) is 13.4. The van der Waals surface area contributed by atoms with Gasteiger partial charge < -0.3 is 9.72 Å². The Kier molecular flexibility index (Phi) is 2.71. The van der Waals surface area contributed by atoms with Crippen LogP contribution in [0.1, 0.15) is 17.4 Å². The zero-order valence-electron chi connectivity index (χ0n) is 10.9. The number of nitrogens with zero attached hydrogens (tertiary/aromatic N) is 1. The zero-order valence-corrected chi connectivity index (χ0v) is 10.9. The van der Waals surface area contributed by atoms with E-state index in [1.165, 1.54) is 0 Å². The Morgan fingerprint density at radius 1 is 1.26 bits per heavy atom. The average molecular weight is 255 g/mol. The quantitative estimate of drug-likeness (QED) is 0.564. The van der Waals surface area contributed by atoms with E-state index in [4.69, 9.17) is 4.74 Å². The molecule has 96 valence electrons. The molecule has 0 amide bonds. The summed E-state index contributed by atoms with van der Waals surface area (Å²) in [5.74, 6) is -0.294. The molecule has 2 heterocycles. The number of nitrogens with one attached hydrogen (secondary N) is 1. The molecule has 0 spiro atoms. The van der Waals surface area contributed by atoms with Crippen LogP contribution in [-0.2, 0) is 11.8 Å². The van der Waals surface area contributed by atoms with Crippen molar-refractivity contribution in [2.75, 3.05) is 6.61 Å². The lowest BCUT2D eigenvalue weighted by Crippen LogP contribution is -2.36. The van der Waals surface area contributed by atoms with Crippen LogP contribution in [0.2, 0.25) is 0 Å².